The molecular formula is C12H25N3O. The van der Waals surface area contributed by atoms with Crippen molar-refractivity contribution in [2.45, 2.75) is 26.3 Å². The van der Waals surface area contributed by atoms with Gasteiger partial charge in [-0.25, -0.2) is 0 Å². The highest BCUT2D eigenvalue weighted by Gasteiger charge is 2.32. The molecule has 0 spiro atoms. The van der Waals surface area contributed by atoms with Crippen molar-refractivity contribution >= 4 is 5.91 Å². The molecule has 1 heterocycles. The van der Waals surface area contributed by atoms with Crippen molar-refractivity contribution in [3.05, 3.63) is 0 Å². The van der Waals surface area contributed by atoms with Crippen molar-refractivity contribution in [1.29, 1.82) is 0 Å². The van der Waals surface area contributed by atoms with Gasteiger partial charge in [0.1, 0.15) is 0 Å². The zero-order chi connectivity index (χ0) is 12.1. The number of carbonyl (C=O) groups is 1. The van der Waals surface area contributed by atoms with Gasteiger partial charge in [0.15, 0.2) is 0 Å². The Kier molecular flexibility index (Phi) is 5.22. The molecular weight excluding hydrogens is 202 g/mol. The fourth-order valence-corrected chi connectivity index (χ4v) is 2.36. The van der Waals surface area contributed by atoms with Crippen LogP contribution < -0.4 is 5.32 Å². The van der Waals surface area contributed by atoms with E-state index in [2.05, 4.69) is 38.2 Å². The molecule has 4 nitrogen and oxygen atoms in total. The number of hydrogen-bond acceptors (Lipinski definition) is 3. The lowest BCUT2D eigenvalue weighted by atomic mass is 10.1. The highest BCUT2D eigenvalue weighted by Crippen LogP contribution is 2.20. The van der Waals surface area contributed by atoms with E-state index in [4.69, 9.17) is 0 Å². The van der Waals surface area contributed by atoms with Gasteiger partial charge in [0.2, 0.25) is 5.91 Å². The minimum atomic E-state index is 0.289. The Morgan fingerprint density at radius 3 is 2.62 bits per heavy atom. The normalized spacial score (nSPS) is 25.4. The van der Waals surface area contributed by atoms with Crippen LogP contribution in [0.2, 0.25) is 0 Å². The SMILES string of the molecule is CCNCCC(=O)N1CC(C)C(N(C)C)C1. The Morgan fingerprint density at radius 1 is 1.44 bits per heavy atom. The van der Waals surface area contributed by atoms with Crippen LogP contribution in [0.4, 0.5) is 0 Å². The molecule has 2 atom stereocenters. The summed E-state index contributed by atoms with van der Waals surface area (Å²) in [6.45, 7) is 7.82. The highest BCUT2D eigenvalue weighted by atomic mass is 16.2. The molecule has 2 unspecified atom stereocenters. The number of likely N-dealkylation sites (tertiary alicyclic amines) is 1. The maximum Gasteiger partial charge on any atom is 0.223 e. The standard InChI is InChI=1S/C12H25N3O/c1-5-13-7-6-12(16)15-8-10(2)11(9-15)14(3)4/h10-11,13H,5-9H2,1-4H3. The van der Waals surface area contributed by atoms with Crippen LogP contribution in [0.5, 0.6) is 0 Å². The molecule has 1 aliphatic heterocycles. The third kappa shape index (κ3) is 3.46. The number of nitrogens with zero attached hydrogens (tertiary/aromatic N) is 2. The molecule has 0 radical (unpaired) electrons. The van der Waals surface area contributed by atoms with E-state index in [0.717, 1.165) is 26.2 Å². The Hall–Kier alpha value is -0.610. The van der Waals surface area contributed by atoms with Crippen molar-refractivity contribution in [2.24, 2.45) is 5.92 Å². The van der Waals surface area contributed by atoms with Crippen molar-refractivity contribution in [1.82, 2.24) is 15.1 Å². The van der Waals surface area contributed by atoms with Gasteiger partial charge in [0.05, 0.1) is 0 Å². The van der Waals surface area contributed by atoms with Crippen LogP contribution in [0.25, 0.3) is 0 Å². The minimum Gasteiger partial charge on any atom is -0.341 e. The summed E-state index contributed by atoms with van der Waals surface area (Å²) in [7, 11) is 4.18. The molecule has 1 N–H and O–H groups in total. The summed E-state index contributed by atoms with van der Waals surface area (Å²) < 4.78 is 0. The Morgan fingerprint density at radius 2 is 2.12 bits per heavy atom. The van der Waals surface area contributed by atoms with E-state index < -0.39 is 0 Å². The van der Waals surface area contributed by atoms with Crippen LogP contribution in [-0.2, 0) is 4.79 Å². The summed E-state index contributed by atoms with van der Waals surface area (Å²) in [5.74, 6) is 0.871. The second-order valence-electron chi connectivity index (χ2n) is 4.91. The molecule has 0 aromatic rings. The number of hydrogen-bond donors (Lipinski definition) is 1. The zero-order valence-electron chi connectivity index (χ0n) is 11.0. The second kappa shape index (κ2) is 6.21. The molecule has 0 bridgehead atoms. The fraction of sp³-hybridized carbons (Fsp3) is 0.917. The van der Waals surface area contributed by atoms with E-state index in [0.29, 0.717) is 18.4 Å². The van der Waals surface area contributed by atoms with Gasteiger partial charge in [0, 0.05) is 32.1 Å². The van der Waals surface area contributed by atoms with Gasteiger partial charge in [-0.05, 0) is 26.6 Å². The van der Waals surface area contributed by atoms with Crippen molar-refractivity contribution in [3.63, 3.8) is 0 Å². The summed E-state index contributed by atoms with van der Waals surface area (Å²) in [5.41, 5.74) is 0. The first kappa shape index (κ1) is 13.5. The Balaban J connectivity index is 2.36. The fourth-order valence-electron chi connectivity index (χ4n) is 2.36. The summed E-state index contributed by atoms with van der Waals surface area (Å²) in [6.07, 6.45) is 0.626. The van der Waals surface area contributed by atoms with E-state index in [-0.39, 0.29) is 5.91 Å². The third-order valence-electron chi connectivity index (χ3n) is 3.35. The van der Waals surface area contributed by atoms with Gasteiger partial charge < -0.3 is 15.1 Å². The largest absolute Gasteiger partial charge is 0.341 e. The van der Waals surface area contributed by atoms with Crippen molar-refractivity contribution < 1.29 is 4.79 Å². The molecule has 1 amide bonds. The van der Waals surface area contributed by atoms with Crippen LogP contribution in [0.3, 0.4) is 0 Å². The molecule has 1 aliphatic rings. The number of carbonyl (C=O) groups excluding carboxylic acids is 1. The maximum absolute atomic E-state index is 11.9. The van der Waals surface area contributed by atoms with Gasteiger partial charge >= 0.3 is 0 Å². The molecule has 16 heavy (non-hydrogen) atoms. The van der Waals surface area contributed by atoms with Crippen LogP contribution in [0.1, 0.15) is 20.3 Å². The first-order valence-electron chi connectivity index (χ1n) is 6.21. The summed E-state index contributed by atoms with van der Waals surface area (Å²) in [4.78, 5) is 16.1. The number of amides is 1. The first-order valence-corrected chi connectivity index (χ1v) is 6.21. The average molecular weight is 227 g/mol. The van der Waals surface area contributed by atoms with Gasteiger partial charge in [-0.2, -0.15) is 0 Å². The molecule has 1 fully saturated rings. The van der Waals surface area contributed by atoms with Gasteiger partial charge in [-0.3, -0.25) is 4.79 Å². The lowest BCUT2D eigenvalue weighted by molar-refractivity contribution is -0.130. The van der Waals surface area contributed by atoms with Gasteiger partial charge in [-0.1, -0.05) is 13.8 Å². The van der Waals surface area contributed by atoms with Crippen LogP contribution >= 0.6 is 0 Å². The molecule has 94 valence electrons. The number of likely N-dealkylation sites (N-methyl/N-ethyl adjacent to an activating group) is 1. The van der Waals surface area contributed by atoms with Crippen LogP contribution in [0, 0.1) is 5.92 Å². The topological polar surface area (TPSA) is 35.6 Å². The molecule has 0 aromatic carbocycles. The van der Waals surface area contributed by atoms with Crippen molar-refractivity contribution in [2.75, 3.05) is 40.3 Å². The summed E-state index contributed by atoms with van der Waals surface area (Å²) in [5, 5.41) is 3.19. The predicted octanol–water partition coefficient (Wildman–Crippen LogP) is 0.395. The summed E-state index contributed by atoms with van der Waals surface area (Å²) >= 11 is 0. The molecule has 0 saturated carbocycles. The van der Waals surface area contributed by atoms with Crippen LogP contribution in [-0.4, -0.2) is 62.0 Å². The Bertz CT molecular complexity index is 230. The summed E-state index contributed by atoms with van der Waals surface area (Å²) in [6, 6.07) is 0.517. The van der Waals surface area contributed by atoms with E-state index in [1.807, 2.05) is 4.90 Å². The molecule has 0 aliphatic carbocycles. The van der Waals surface area contributed by atoms with E-state index in [9.17, 15) is 4.79 Å². The molecule has 0 aromatic heterocycles. The molecule has 1 saturated heterocycles. The van der Waals surface area contributed by atoms with Gasteiger partial charge in [0.25, 0.3) is 0 Å². The third-order valence-corrected chi connectivity index (χ3v) is 3.35. The first-order chi connectivity index (χ1) is 7.56. The van der Waals surface area contributed by atoms with E-state index in [1.165, 1.54) is 0 Å². The van der Waals surface area contributed by atoms with Crippen molar-refractivity contribution in [3.8, 4) is 0 Å². The quantitative estimate of drug-likeness (QED) is 0.690. The second-order valence-corrected chi connectivity index (χ2v) is 4.91. The Labute approximate surface area is 99.0 Å². The molecule has 1 rings (SSSR count). The zero-order valence-corrected chi connectivity index (χ0v) is 11.0. The van der Waals surface area contributed by atoms with E-state index in [1.54, 1.807) is 0 Å². The monoisotopic (exact) mass is 227 g/mol. The smallest absolute Gasteiger partial charge is 0.223 e. The highest BCUT2D eigenvalue weighted by molar-refractivity contribution is 5.76. The average Bonchev–Trinajstić information content (AvgIpc) is 2.60. The lowest BCUT2D eigenvalue weighted by Gasteiger charge is -2.22. The lowest BCUT2D eigenvalue weighted by Crippen LogP contribution is -2.36. The van der Waals surface area contributed by atoms with Crippen LogP contribution in [0.15, 0.2) is 0 Å². The maximum atomic E-state index is 11.9. The molecule has 4 heteroatoms. The minimum absolute atomic E-state index is 0.289. The van der Waals surface area contributed by atoms with E-state index >= 15 is 0 Å². The number of rotatable bonds is 5. The number of nitrogens with one attached hydrogen (secondary N) is 1. The van der Waals surface area contributed by atoms with Gasteiger partial charge in [-0.15, -0.1) is 0 Å². The predicted molar refractivity (Wildman–Crippen MR) is 66.4 cm³/mol.